The minimum absolute atomic E-state index is 0.0801. The number of nitrogens with one attached hydrogen (secondary N) is 1. The molecule has 0 spiro atoms. The van der Waals surface area contributed by atoms with Crippen LogP contribution in [0.15, 0.2) is 24.3 Å². The third kappa shape index (κ3) is 3.27. The molecule has 0 heterocycles. The Balaban J connectivity index is 2.66. The summed E-state index contributed by atoms with van der Waals surface area (Å²) < 4.78 is 0. The lowest BCUT2D eigenvalue weighted by Gasteiger charge is -2.19. The SMILES string of the molecule is Cc1cccc(NC(C)C(=O)N(C)C)c1. The highest BCUT2D eigenvalue weighted by Gasteiger charge is 2.13. The molecule has 1 unspecified atom stereocenters. The van der Waals surface area contributed by atoms with Crippen molar-refractivity contribution in [2.75, 3.05) is 19.4 Å². The Kier molecular flexibility index (Phi) is 3.72. The molecule has 3 nitrogen and oxygen atoms in total. The Labute approximate surface area is 91.1 Å². The highest BCUT2D eigenvalue weighted by molar-refractivity contribution is 5.83. The average Bonchev–Trinajstić information content (AvgIpc) is 2.16. The van der Waals surface area contributed by atoms with Crippen LogP contribution in [0.2, 0.25) is 0 Å². The molecule has 1 rings (SSSR count). The Hall–Kier alpha value is -1.51. The van der Waals surface area contributed by atoms with Gasteiger partial charge in [0.25, 0.3) is 0 Å². The molecule has 1 aromatic carbocycles. The van der Waals surface area contributed by atoms with Gasteiger partial charge in [-0.3, -0.25) is 4.79 Å². The van der Waals surface area contributed by atoms with Crippen LogP contribution < -0.4 is 5.32 Å². The summed E-state index contributed by atoms with van der Waals surface area (Å²) >= 11 is 0. The number of hydrogen-bond acceptors (Lipinski definition) is 2. The van der Waals surface area contributed by atoms with Crippen molar-refractivity contribution in [3.63, 3.8) is 0 Å². The fraction of sp³-hybridized carbons (Fsp3) is 0.417. The van der Waals surface area contributed by atoms with Gasteiger partial charge >= 0.3 is 0 Å². The van der Waals surface area contributed by atoms with Gasteiger partial charge in [0, 0.05) is 19.8 Å². The van der Waals surface area contributed by atoms with E-state index in [0.717, 1.165) is 5.69 Å². The van der Waals surface area contributed by atoms with E-state index in [1.165, 1.54) is 5.56 Å². The standard InChI is InChI=1S/C12H18N2O/c1-9-6-5-7-11(8-9)13-10(2)12(15)14(3)4/h5-8,10,13H,1-4H3. The van der Waals surface area contributed by atoms with Gasteiger partial charge in [-0.15, -0.1) is 0 Å². The summed E-state index contributed by atoms with van der Waals surface area (Å²) in [7, 11) is 3.52. The van der Waals surface area contributed by atoms with Crippen molar-refractivity contribution >= 4 is 11.6 Å². The highest BCUT2D eigenvalue weighted by Crippen LogP contribution is 2.11. The summed E-state index contributed by atoms with van der Waals surface area (Å²) in [5.74, 6) is 0.0801. The summed E-state index contributed by atoms with van der Waals surface area (Å²) in [5, 5.41) is 3.17. The number of amides is 1. The van der Waals surface area contributed by atoms with Crippen LogP contribution in [-0.4, -0.2) is 30.9 Å². The number of carbonyl (C=O) groups is 1. The molecule has 0 aliphatic heterocycles. The van der Waals surface area contributed by atoms with Crippen LogP contribution in [0.3, 0.4) is 0 Å². The van der Waals surface area contributed by atoms with Crippen LogP contribution in [0.1, 0.15) is 12.5 Å². The Morgan fingerprint density at radius 1 is 1.40 bits per heavy atom. The van der Waals surface area contributed by atoms with Crippen LogP contribution in [0.25, 0.3) is 0 Å². The third-order valence-electron chi connectivity index (χ3n) is 2.21. The number of aryl methyl sites for hydroxylation is 1. The van der Waals surface area contributed by atoms with E-state index >= 15 is 0 Å². The molecule has 1 aromatic rings. The molecule has 0 fully saturated rings. The first-order valence-electron chi connectivity index (χ1n) is 5.05. The van der Waals surface area contributed by atoms with Crippen molar-refractivity contribution in [1.82, 2.24) is 4.90 Å². The van der Waals surface area contributed by atoms with E-state index in [4.69, 9.17) is 0 Å². The molecule has 0 saturated heterocycles. The number of likely N-dealkylation sites (N-methyl/N-ethyl adjacent to an activating group) is 1. The largest absolute Gasteiger partial charge is 0.374 e. The zero-order valence-corrected chi connectivity index (χ0v) is 9.74. The van der Waals surface area contributed by atoms with Crippen molar-refractivity contribution in [2.45, 2.75) is 19.9 Å². The predicted molar refractivity (Wildman–Crippen MR) is 63.0 cm³/mol. The number of anilines is 1. The molecule has 0 bridgehead atoms. The van der Waals surface area contributed by atoms with Crippen LogP contribution in [0, 0.1) is 6.92 Å². The molecule has 3 heteroatoms. The van der Waals surface area contributed by atoms with Crippen molar-refractivity contribution in [3.05, 3.63) is 29.8 Å². The molecule has 0 saturated carbocycles. The Morgan fingerprint density at radius 3 is 2.60 bits per heavy atom. The van der Waals surface area contributed by atoms with Crippen LogP contribution in [0.5, 0.6) is 0 Å². The van der Waals surface area contributed by atoms with Gasteiger partial charge in [0.2, 0.25) is 5.91 Å². The summed E-state index contributed by atoms with van der Waals surface area (Å²) in [5.41, 5.74) is 2.17. The Morgan fingerprint density at radius 2 is 2.07 bits per heavy atom. The van der Waals surface area contributed by atoms with Crippen LogP contribution in [-0.2, 0) is 4.79 Å². The van der Waals surface area contributed by atoms with E-state index in [-0.39, 0.29) is 11.9 Å². The zero-order valence-electron chi connectivity index (χ0n) is 9.74. The molecule has 82 valence electrons. The molecule has 0 aromatic heterocycles. The summed E-state index contributed by atoms with van der Waals surface area (Å²) in [6, 6.07) is 7.81. The average molecular weight is 206 g/mol. The van der Waals surface area contributed by atoms with Crippen LogP contribution in [0.4, 0.5) is 5.69 Å². The van der Waals surface area contributed by atoms with Gasteiger partial charge < -0.3 is 10.2 Å². The van der Waals surface area contributed by atoms with Gasteiger partial charge in [-0.25, -0.2) is 0 Å². The number of rotatable bonds is 3. The fourth-order valence-electron chi connectivity index (χ4n) is 1.43. The van der Waals surface area contributed by atoms with E-state index in [2.05, 4.69) is 5.32 Å². The van der Waals surface area contributed by atoms with E-state index < -0.39 is 0 Å². The maximum Gasteiger partial charge on any atom is 0.244 e. The summed E-state index contributed by atoms with van der Waals surface area (Å²) in [6.07, 6.45) is 0. The number of benzene rings is 1. The lowest BCUT2D eigenvalue weighted by molar-refractivity contribution is -0.129. The summed E-state index contributed by atoms with van der Waals surface area (Å²) in [6.45, 7) is 3.90. The minimum atomic E-state index is -0.193. The molecular formula is C12H18N2O. The van der Waals surface area contributed by atoms with Gasteiger partial charge in [-0.05, 0) is 31.5 Å². The van der Waals surface area contributed by atoms with Crippen LogP contribution >= 0.6 is 0 Å². The van der Waals surface area contributed by atoms with Crippen molar-refractivity contribution in [3.8, 4) is 0 Å². The monoisotopic (exact) mass is 206 g/mol. The third-order valence-corrected chi connectivity index (χ3v) is 2.21. The van der Waals surface area contributed by atoms with Gasteiger partial charge in [-0.1, -0.05) is 12.1 Å². The van der Waals surface area contributed by atoms with E-state index in [1.807, 2.05) is 38.1 Å². The predicted octanol–water partition coefficient (Wildman–Crippen LogP) is 1.88. The molecule has 0 radical (unpaired) electrons. The van der Waals surface area contributed by atoms with Gasteiger partial charge in [0.05, 0.1) is 0 Å². The second-order valence-electron chi connectivity index (χ2n) is 3.97. The normalized spacial score (nSPS) is 12.0. The van der Waals surface area contributed by atoms with E-state index in [0.29, 0.717) is 0 Å². The first-order chi connectivity index (χ1) is 7.00. The first-order valence-corrected chi connectivity index (χ1v) is 5.05. The van der Waals surface area contributed by atoms with Gasteiger partial charge in [0.1, 0.15) is 6.04 Å². The molecule has 0 aliphatic rings. The molecule has 1 N–H and O–H groups in total. The molecule has 1 atom stereocenters. The van der Waals surface area contributed by atoms with E-state index in [1.54, 1.807) is 19.0 Å². The molecule has 1 amide bonds. The van der Waals surface area contributed by atoms with E-state index in [9.17, 15) is 4.79 Å². The molecule has 0 aliphatic carbocycles. The second-order valence-corrected chi connectivity index (χ2v) is 3.97. The van der Waals surface area contributed by atoms with Crippen molar-refractivity contribution in [2.24, 2.45) is 0 Å². The maximum atomic E-state index is 11.6. The fourth-order valence-corrected chi connectivity index (χ4v) is 1.43. The van der Waals surface area contributed by atoms with Gasteiger partial charge in [-0.2, -0.15) is 0 Å². The second kappa shape index (κ2) is 4.82. The summed E-state index contributed by atoms with van der Waals surface area (Å²) in [4.78, 5) is 13.2. The maximum absolute atomic E-state index is 11.6. The number of hydrogen-bond donors (Lipinski definition) is 1. The minimum Gasteiger partial charge on any atom is -0.374 e. The highest BCUT2D eigenvalue weighted by atomic mass is 16.2. The van der Waals surface area contributed by atoms with Gasteiger partial charge in [0.15, 0.2) is 0 Å². The number of carbonyl (C=O) groups excluding carboxylic acids is 1. The van der Waals surface area contributed by atoms with Crippen molar-refractivity contribution in [1.29, 1.82) is 0 Å². The first kappa shape index (κ1) is 11.6. The topological polar surface area (TPSA) is 32.3 Å². The smallest absolute Gasteiger partial charge is 0.244 e. The van der Waals surface area contributed by atoms with Crippen molar-refractivity contribution < 1.29 is 4.79 Å². The molecular weight excluding hydrogens is 188 g/mol. The lowest BCUT2D eigenvalue weighted by atomic mass is 10.2. The number of nitrogens with zero attached hydrogens (tertiary/aromatic N) is 1. The molecule has 15 heavy (non-hydrogen) atoms. The quantitative estimate of drug-likeness (QED) is 0.819. The zero-order chi connectivity index (χ0) is 11.4. The lowest BCUT2D eigenvalue weighted by Crippen LogP contribution is -2.36. The Bertz CT molecular complexity index is 347.